The summed E-state index contributed by atoms with van der Waals surface area (Å²) in [6.07, 6.45) is 0. The number of anilines is 1. The van der Waals surface area contributed by atoms with Gasteiger partial charge in [0.25, 0.3) is 0 Å². The van der Waals surface area contributed by atoms with Crippen molar-refractivity contribution in [3.63, 3.8) is 0 Å². The molecular formula is C17H21NO4. The number of carboxylic acid groups (broad SMARTS) is 1. The molecule has 1 unspecified atom stereocenters. The van der Waals surface area contributed by atoms with Crippen molar-refractivity contribution >= 4 is 23.3 Å². The third-order valence-corrected chi connectivity index (χ3v) is 4.22. The Morgan fingerprint density at radius 2 is 1.86 bits per heavy atom. The van der Waals surface area contributed by atoms with Crippen LogP contribution in [0, 0.1) is 5.92 Å². The van der Waals surface area contributed by atoms with Crippen molar-refractivity contribution in [3.8, 4) is 0 Å². The number of amides is 1. The summed E-state index contributed by atoms with van der Waals surface area (Å²) in [5.74, 6) is -1.89. The molecule has 5 heteroatoms. The zero-order chi connectivity index (χ0) is 16.8. The molecular weight excluding hydrogens is 282 g/mol. The summed E-state index contributed by atoms with van der Waals surface area (Å²) >= 11 is 0. The number of hydrogen-bond donors (Lipinski definition) is 1. The Labute approximate surface area is 129 Å². The Morgan fingerprint density at radius 3 is 2.36 bits per heavy atom. The second-order valence-electron chi connectivity index (χ2n) is 6.55. The number of carboxylic acids is 1. The number of Topliss-reactive ketones (excluding diaryl/α,β-unsaturated/α-hetero) is 1. The predicted molar refractivity (Wildman–Crippen MR) is 83.2 cm³/mol. The highest BCUT2D eigenvalue weighted by Gasteiger charge is 2.46. The molecule has 0 aromatic heterocycles. The van der Waals surface area contributed by atoms with Gasteiger partial charge in [0.1, 0.15) is 5.54 Å². The smallest absolute Gasteiger partial charge is 0.329 e. The van der Waals surface area contributed by atoms with Gasteiger partial charge in [-0.15, -0.1) is 0 Å². The Bertz CT molecular complexity index is 661. The maximum absolute atomic E-state index is 12.5. The molecule has 1 heterocycles. The summed E-state index contributed by atoms with van der Waals surface area (Å²) in [7, 11) is 0. The summed E-state index contributed by atoms with van der Waals surface area (Å²) in [5.41, 5.74) is 0.514. The number of ketones is 1. The molecule has 22 heavy (non-hydrogen) atoms. The third kappa shape index (κ3) is 2.30. The minimum absolute atomic E-state index is 0.0124. The number of benzene rings is 1. The van der Waals surface area contributed by atoms with Crippen LogP contribution in [-0.4, -0.2) is 28.3 Å². The van der Waals surface area contributed by atoms with Crippen molar-refractivity contribution in [2.24, 2.45) is 5.92 Å². The van der Waals surface area contributed by atoms with Gasteiger partial charge in [0.05, 0.1) is 5.92 Å². The van der Waals surface area contributed by atoms with E-state index < -0.39 is 17.4 Å². The van der Waals surface area contributed by atoms with Gasteiger partial charge >= 0.3 is 5.97 Å². The number of carbonyl (C=O) groups excluding carboxylic acids is 2. The summed E-state index contributed by atoms with van der Waals surface area (Å²) in [6, 6.07) is 5.06. The first kappa shape index (κ1) is 16.2. The van der Waals surface area contributed by atoms with Crippen LogP contribution in [0.5, 0.6) is 0 Å². The molecule has 0 saturated heterocycles. The number of fused-ring (bicyclic) bond motifs is 1. The van der Waals surface area contributed by atoms with E-state index in [0.717, 1.165) is 0 Å². The Kier molecular flexibility index (Phi) is 3.85. The molecule has 0 aliphatic carbocycles. The van der Waals surface area contributed by atoms with E-state index >= 15 is 0 Å². The average Bonchev–Trinajstić information content (AvgIpc) is 2.69. The van der Waals surface area contributed by atoms with Gasteiger partial charge in [-0.2, -0.15) is 0 Å². The zero-order valence-electron chi connectivity index (χ0n) is 13.5. The van der Waals surface area contributed by atoms with Gasteiger partial charge in [0.2, 0.25) is 5.91 Å². The number of hydrogen-bond acceptors (Lipinski definition) is 3. The fourth-order valence-electron chi connectivity index (χ4n) is 2.71. The van der Waals surface area contributed by atoms with Crippen molar-refractivity contribution in [1.29, 1.82) is 0 Å². The highest BCUT2D eigenvalue weighted by Crippen LogP contribution is 2.41. The normalized spacial score (nSPS) is 17.8. The molecule has 5 nitrogen and oxygen atoms in total. The van der Waals surface area contributed by atoms with Gasteiger partial charge in [-0.25, -0.2) is 4.79 Å². The van der Waals surface area contributed by atoms with E-state index in [1.165, 1.54) is 18.7 Å². The van der Waals surface area contributed by atoms with E-state index in [4.69, 9.17) is 0 Å². The molecule has 1 aromatic carbocycles. The Morgan fingerprint density at radius 1 is 1.27 bits per heavy atom. The lowest BCUT2D eigenvalue weighted by Gasteiger charge is -2.32. The van der Waals surface area contributed by atoms with Crippen LogP contribution in [0.15, 0.2) is 18.2 Å². The molecule has 0 radical (unpaired) electrons. The van der Waals surface area contributed by atoms with Crippen LogP contribution in [0.2, 0.25) is 0 Å². The quantitative estimate of drug-likeness (QED) is 0.868. The maximum atomic E-state index is 12.5. The monoisotopic (exact) mass is 303 g/mol. The highest BCUT2D eigenvalue weighted by atomic mass is 16.4. The van der Waals surface area contributed by atoms with Crippen molar-refractivity contribution in [2.75, 3.05) is 4.90 Å². The molecule has 1 N–H and O–H groups in total. The minimum Gasteiger partial charge on any atom is -0.480 e. The molecule has 0 bridgehead atoms. The summed E-state index contributed by atoms with van der Waals surface area (Å²) in [5, 5.41) is 9.40. The van der Waals surface area contributed by atoms with Crippen molar-refractivity contribution < 1.29 is 19.5 Å². The van der Waals surface area contributed by atoms with E-state index in [-0.39, 0.29) is 17.6 Å². The number of nitrogens with zero attached hydrogens (tertiary/aromatic N) is 1. The first-order chi connectivity index (χ1) is 10.1. The Hall–Kier alpha value is -2.17. The largest absolute Gasteiger partial charge is 0.480 e. The van der Waals surface area contributed by atoms with E-state index in [1.807, 2.05) is 13.8 Å². The molecule has 1 atom stereocenters. The molecule has 1 amide bonds. The Balaban J connectivity index is 2.55. The highest BCUT2D eigenvalue weighted by molar-refractivity contribution is 6.10. The third-order valence-electron chi connectivity index (χ3n) is 4.22. The molecule has 118 valence electrons. The fraction of sp³-hybridized carbons (Fsp3) is 0.471. The minimum atomic E-state index is -1.33. The molecule has 1 aromatic rings. The van der Waals surface area contributed by atoms with Crippen LogP contribution in [0.25, 0.3) is 0 Å². The van der Waals surface area contributed by atoms with E-state index in [2.05, 4.69) is 0 Å². The van der Waals surface area contributed by atoms with Crippen LogP contribution in [-0.2, 0) is 9.59 Å². The lowest BCUT2D eigenvalue weighted by atomic mass is 9.95. The van der Waals surface area contributed by atoms with Crippen molar-refractivity contribution in [2.45, 2.75) is 46.1 Å². The number of rotatable bonds is 4. The topological polar surface area (TPSA) is 74.7 Å². The SMILES string of the molecule is CC(C)C(=O)c1ccc2c(c1)C(C)C(=O)N2C(C)(C)C(=O)O. The van der Waals surface area contributed by atoms with Crippen LogP contribution in [0.1, 0.15) is 56.5 Å². The summed E-state index contributed by atoms with van der Waals surface area (Å²) < 4.78 is 0. The molecule has 1 aliphatic rings. The van der Waals surface area contributed by atoms with Crippen LogP contribution >= 0.6 is 0 Å². The second kappa shape index (κ2) is 5.23. The van der Waals surface area contributed by atoms with Crippen LogP contribution < -0.4 is 4.90 Å². The lowest BCUT2D eigenvalue weighted by molar-refractivity contribution is -0.143. The summed E-state index contributed by atoms with van der Waals surface area (Å²) in [6.45, 7) is 8.39. The lowest BCUT2D eigenvalue weighted by Crippen LogP contribution is -2.52. The van der Waals surface area contributed by atoms with Gasteiger partial charge in [-0.3, -0.25) is 14.5 Å². The first-order valence-electron chi connectivity index (χ1n) is 7.34. The van der Waals surface area contributed by atoms with Crippen molar-refractivity contribution in [3.05, 3.63) is 29.3 Å². The fourth-order valence-corrected chi connectivity index (χ4v) is 2.71. The average molecular weight is 303 g/mol. The molecule has 2 rings (SSSR count). The predicted octanol–water partition coefficient (Wildman–Crippen LogP) is 2.84. The molecule has 0 saturated carbocycles. The zero-order valence-corrected chi connectivity index (χ0v) is 13.5. The molecule has 1 aliphatic heterocycles. The van der Waals surface area contributed by atoms with E-state index in [1.54, 1.807) is 25.1 Å². The molecule has 0 fully saturated rings. The van der Waals surface area contributed by atoms with E-state index in [0.29, 0.717) is 16.8 Å². The van der Waals surface area contributed by atoms with Gasteiger partial charge in [-0.05, 0) is 44.5 Å². The van der Waals surface area contributed by atoms with Crippen LogP contribution in [0.3, 0.4) is 0 Å². The first-order valence-corrected chi connectivity index (χ1v) is 7.34. The van der Waals surface area contributed by atoms with Gasteiger partial charge < -0.3 is 5.11 Å². The second-order valence-corrected chi connectivity index (χ2v) is 6.55. The number of carbonyl (C=O) groups is 3. The maximum Gasteiger partial charge on any atom is 0.329 e. The molecule has 0 spiro atoms. The van der Waals surface area contributed by atoms with Crippen molar-refractivity contribution in [1.82, 2.24) is 0 Å². The number of aliphatic carboxylic acids is 1. The van der Waals surface area contributed by atoms with Crippen LogP contribution in [0.4, 0.5) is 5.69 Å². The van der Waals surface area contributed by atoms with Gasteiger partial charge in [0, 0.05) is 17.2 Å². The standard InChI is InChI=1S/C17H21NO4/c1-9(2)14(19)11-6-7-13-12(8-11)10(3)15(20)18(13)17(4,5)16(21)22/h6-10H,1-5H3,(H,21,22). The van der Waals surface area contributed by atoms with E-state index in [9.17, 15) is 19.5 Å². The summed E-state index contributed by atoms with van der Waals surface area (Å²) in [4.78, 5) is 37.4. The van der Waals surface area contributed by atoms with Gasteiger partial charge in [0.15, 0.2) is 5.78 Å². The van der Waals surface area contributed by atoms with Gasteiger partial charge in [-0.1, -0.05) is 13.8 Å².